The fraction of sp³-hybridized carbons (Fsp3) is 0.643. The van der Waals surface area contributed by atoms with Crippen molar-refractivity contribution in [1.29, 1.82) is 0 Å². The number of hydrogen-bond donors (Lipinski definition) is 1. The molecule has 0 amide bonds. The molecule has 0 aromatic carbocycles. The molecule has 1 aliphatic rings. The number of pyridine rings is 1. The maximum Gasteiger partial charge on any atom is 0.143 e. The van der Waals surface area contributed by atoms with Gasteiger partial charge in [0.25, 0.3) is 0 Å². The second-order valence-electron chi connectivity index (χ2n) is 4.93. The van der Waals surface area contributed by atoms with E-state index in [1.54, 1.807) is 13.3 Å². The van der Waals surface area contributed by atoms with Gasteiger partial charge >= 0.3 is 0 Å². The van der Waals surface area contributed by atoms with E-state index >= 15 is 0 Å². The fourth-order valence-electron chi connectivity index (χ4n) is 2.60. The molecule has 1 aromatic rings. The second-order valence-corrected chi connectivity index (χ2v) is 4.93. The highest BCUT2D eigenvalue weighted by atomic mass is 16.5. The van der Waals surface area contributed by atoms with Gasteiger partial charge in [0.05, 0.1) is 7.11 Å². The maximum absolute atomic E-state index is 10.8. The molecule has 100 valence electrons. The fourth-order valence-corrected chi connectivity index (χ4v) is 2.60. The molecule has 0 unspecified atom stereocenters. The number of aliphatic hydroxyl groups is 1. The third kappa shape index (κ3) is 2.65. The van der Waals surface area contributed by atoms with Crippen molar-refractivity contribution in [3.63, 3.8) is 0 Å². The van der Waals surface area contributed by atoms with Crippen LogP contribution in [-0.4, -0.2) is 41.7 Å². The lowest BCUT2D eigenvalue weighted by atomic mass is 9.87. The molecule has 2 heterocycles. The highest BCUT2D eigenvalue weighted by molar-refractivity contribution is 5.32. The summed E-state index contributed by atoms with van der Waals surface area (Å²) in [6.45, 7) is 5.13. The van der Waals surface area contributed by atoms with Gasteiger partial charge in [-0.05, 0) is 37.9 Å². The van der Waals surface area contributed by atoms with Crippen LogP contribution < -0.4 is 4.74 Å². The topological polar surface area (TPSA) is 45.6 Å². The van der Waals surface area contributed by atoms with Crippen molar-refractivity contribution < 1.29 is 9.84 Å². The molecule has 1 N–H and O–H groups in total. The van der Waals surface area contributed by atoms with Crippen LogP contribution in [0.2, 0.25) is 0 Å². The molecular weight excluding hydrogens is 228 g/mol. The van der Waals surface area contributed by atoms with Gasteiger partial charge in [0.15, 0.2) is 0 Å². The number of methoxy groups -OCH3 is 1. The van der Waals surface area contributed by atoms with Gasteiger partial charge in [0.1, 0.15) is 17.0 Å². The highest BCUT2D eigenvalue weighted by Gasteiger charge is 2.37. The Morgan fingerprint density at radius 2 is 2.17 bits per heavy atom. The maximum atomic E-state index is 10.8. The first-order valence-electron chi connectivity index (χ1n) is 6.64. The van der Waals surface area contributed by atoms with Crippen molar-refractivity contribution in [1.82, 2.24) is 9.88 Å². The molecule has 0 saturated carbocycles. The van der Waals surface area contributed by atoms with E-state index in [2.05, 4.69) is 16.8 Å². The predicted molar refractivity (Wildman–Crippen MR) is 70.7 cm³/mol. The summed E-state index contributed by atoms with van der Waals surface area (Å²) in [6, 6.07) is 3.69. The lowest BCUT2D eigenvalue weighted by molar-refractivity contribution is -0.0308. The molecule has 4 heteroatoms. The molecule has 1 aromatic heterocycles. The van der Waals surface area contributed by atoms with Crippen LogP contribution in [0.3, 0.4) is 0 Å². The number of aromatic nitrogens is 1. The summed E-state index contributed by atoms with van der Waals surface area (Å²) in [7, 11) is 1.62. The second kappa shape index (κ2) is 5.67. The van der Waals surface area contributed by atoms with Crippen LogP contribution >= 0.6 is 0 Å². The molecule has 0 spiro atoms. The Morgan fingerprint density at radius 3 is 2.78 bits per heavy atom. The molecule has 2 rings (SSSR count). The molecule has 1 aliphatic heterocycles. The summed E-state index contributed by atoms with van der Waals surface area (Å²) in [5, 5.41) is 10.8. The van der Waals surface area contributed by atoms with Crippen molar-refractivity contribution in [3.8, 4) is 5.75 Å². The van der Waals surface area contributed by atoms with Crippen molar-refractivity contribution in [2.75, 3.05) is 26.7 Å². The van der Waals surface area contributed by atoms with Crippen molar-refractivity contribution >= 4 is 0 Å². The quantitative estimate of drug-likeness (QED) is 0.885. The minimum atomic E-state index is -0.836. The average Bonchev–Trinajstić information content (AvgIpc) is 2.42. The van der Waals surface area contributed by atoms with Crippen molar-refractivity contribution in [2.24, 2.45) is 0 Å². The summed E-state index contributed by atoms with van der Waals surface area (Å²) >= 11 is 0. The monoisotopic (exact) mass is 250 g/mol. The number of rotatable bonds is 4. The van der Waals surface area contributed by atoms with E-state index in [1.807, 2.05) is 12.1 Å². The van der Waals surface area contributed by atoms with Crippen LogP contribution in [-0.2, 0) is 5.60 Å². The van der Waals surface area contributed by atoms with Crippen LogP contribution in [0.4, 0.5) is 0 Å². The van der Waals surface area contributed by atoms with Gasteiger partial charge in [-0.25, -0.2) is 0 Å². The Hall–Kier alpha value is -1.13. The van der Waals surface area contributed by atoms with Crippen LogP contribution in [0.5, 0.6) is 5.75 Å². The molecule has 1 saturated heterocycles. The zero-order chi connectivity index (χ0) is 13.0. The Kier molecular flexibility index (Phi) is 4.19. The zero-order valence-corrected chi connectivity index (χ0v) is 11.2. The Bertz CT molecular complexity index is 387. The van der Waals surface area contributed by atoms with E-state index in [1.165, 1.54) is 0 Å². The molecule has 18 heavy (non-hydrogen) atoms. The van der Waals surface area contributed by atoms with Crippen LogP contribution in [0.1, 0.15) is 31.9 Å². The number of ether oxygens (including phenoxy) is 1. The molecule has 0 radical (unpaired) electrons. The van der Waals surface area contributed by atoms with Crippen LogP contribution in [0.15, 0.2) is 18.3 Å². The van der Waals surface area contributed by atoms with E-state index in [-0.39, 0.29) is 0 Å². The van der Waals surface area contributed by atoms with E-state index in [9.17, 15) is 5.11 Å². The smallest absolute Gasteiger partial charge is 0.143 e. The third-order valence-electron chi connectivity index (χ3n) is 3.65. The summed E-state index contributed by atoms with van der Waals surface area (Å²) < 4.78 is 5.30. The third-order valence-corrected chi connectivity index (χ3v) is 3.65. The normalized spacial score (nSPS) is 19.7. The Morgan fingerprint density at radius 1 is 1.44 bits per heavy atom. The van der Waals surface area contributed by atoms with Crippen molar-refractivity contribution in [3.05, 3.63) is 24.0 Å². The van der Waals surface area contributed by atoms with Gasteiger partial charge in [-0.1, -0.05) is 6.92 Å². The number of piperidine rings is 1. The van der Waals surface area contributed by atoms with E-state index < -0.39 is 5.60 Å². The van der Waals surface area contributed by atoms with Gasteiger partial charge in [-0.15, -0.1) is 0 Å². The SMILES string of the molecule is CCCN1CCC(O)(c2ncccc2OC)CC1. The van der Waals surface area contributed by atoms with Gasteiger partial charge in [0.2, 0.25) is 0 Å². The molecule has 0 atom stereocenters. The largest absolute Gasteiger partial charge is 0.495 e. The Labute approximate surface area is 109 Å². The first kappa shape index (κ1) is 13.3. The van der Waals surface area contributed by atoms with E-state index in [0.29, 0.717) is 11.4 Å². The van der Waals surface area contributed by atoms with Gasteiger partial charge in [-0.3, -0.25) is 4.98 Å². The highest BCUT2D eigenvalue weighted by Crippen LogP contribution is 2.36. The van der Waals surface area contributed by atoms with Gasteiger partial charge in [0, 0.05) is 19.3 Å². The molecule has 1 fully saturated rings. The number of likely N-dealkylation sites (tertiary alicyclic amines) is 1. The minimum Gasteiger partial charge on any atom is -0.495 e. The van der Waals surface area contributed by atoms with Gasteiger partial charge in [-0.2, -0.15) is 0 Å². The standard InChI is InChI=1S/C14H22N2O2/c1-3-9-16-10-6-14(17,7-11-16)13-12(18-2)5-4-8-15-13/h4-5,8,17H,3,6-7,9-11H2,1-2H3. The minimum absolute atomic E-state index is 0.684. The average molecular weight is 250 g/mol. The number of nitrogens with zero attached hydrogens (tertiary/aromatic N) is 2. The first-order chi connectivity index (χ1) is 8.69. The Balaban J connectivity index is 2.13. The van der Waals surface area contributed by atoms with E-state index in [4.69, 9.17) is 4.74 Å². The van der Waals surface area contributed by atoms with Crippen molar-refractivity contribution in [2.45, 2.75) is 31.8 Å². The van der Waals surface area contributed by atoms with Gasteiger partial charge < -0.3 is 14.7 Å². The van der Waals surface area contributed by atoms with Crippen LogP contribution in [0, 0.1) is 0 Å². The molecule has 0 aliphatic carbocycles. The zero-order valence-electron chi connectivity index (χ0n) is 11.2. The molecule has 4 nitrogen and oxygen atoms in total. The summed E-state index contributed by atoms with van der Waals surface area (Å²) in [5.74, 6) is 0.684. The molecular formula is C14H22N2O2. The predicted octanol–water partition coefficient (Wildman–Crippen LogP) is 1.78. The summed E-state index contributed by atoms with van der Waals surface area (Å²) in [6.07, 6.45) is 4.32. The number of hydrogen-bond acceptors (Lipinski definition) is 4. The lowest BCUT2D eigenvalue weighted by Gasteiger charge is -2.38. The van der Waals surface area contributed by atoms with Crippen LogP contribution in [0.25, 0.3) is 0 Å². The lowest BCUT2D eigenvalue weighted by Crippen LogP contribution is -2.43. The summed E-state index contributed by atoms with van der Waals surface area (Å²) in [4.78, 5) is 6.72. The first-order valence-corrected chi connectivity index (χ1v) is 6.64. The summed E-state index contributed by atoms with van der Waals surface area (Å²) in [5.41, 5.74) is -0.153. The van der Waals surface area contributed by atoms with E-state index in [0.717, 1.165) is 38.9 Å². The molecule has 0 bridgehead atoms.